The second-order valence-corrected chi connectivity index (χ2v) is 4.09. The molecule has 0 fully saturated rings. The van der Waals surface area contributed by atoms with Gasteiger partial charge in [-0.15, -0.1) is 6.58 Å². The van der Waals surface area contributed by atoms with Crippen molar-refractivity contribution in [3.8, 4) is 11.5 Å². The summed E-state index contributed by atoms with van der Waals surface area (Å²) < 4.78 is 4.81. The van der Waals surface area contributed by atoms with Crippen LogP contribution in [0.15, 0.2) is 30.4 Å². The average molecular weight is 235 g/mol. The zero-order valence-corrected chi connectivity index (χ0v) is 10.1. The van der Waals surface area contributed by atoms with Gasteiger partial charge < -0.3 is 15.6 Å². The van der Waals surface area contributed by atoms with E-state index in [0.29, 0.717) is 6.42 Å². The lowest BCUT2D eigenvalue weighted by Gasteiger charge is -2.13. The quantitative estimate of drug-likeness (QED) is 0.477. The van der Waals surface area contributed by atoms with Crippen molar-refractivity contribution >= 4 is 5.97 Å². The zero-order valence-electron chi connectivity index (χ0n) is 10.1. The van der Waals surface area contributed by atoms with Gasteiger partial charge in [0.05, 0.1) is 0 Å². The Bertz CT molecular complexity index is 440. The van der Waals surface area contributed by atoms with Gasteiger partial charge in [-0.1, -0.05) is 11.6 Å². The van der Waals surface area contributed by atoms with Crippen molar-refractivity contribution in [2.24, 2.45) is 5.73 Å². The molecule has 4 heteroatoms. The maximum atomic E-state index is 10.8. The highest BCUT2D eigenvalue weighted by atomic mass is 16.5. The number of hydrogen-bond donors (Lipinski definition) is 2. The van der Waals surface area contributed by atoms with E-state index in [1.54, 1.807) is 6.07 Å². The molecule has 0 aliphatic carbocycles. The maximum Gasteiger partial charge on any atom is 0.308 e. The minimum atomic E-state index is -0.473. The largest absolute Gasteiger partial charge is 0.504 e. The molecule has 0 aliphatic rings. The van der Waals surface area contributed by atoms with Gasteiger partial charge in [-0.05, 0) is 31.0 Å². The van der Waals surface area contributed by atoms with Gasteiger partial charge in [0.25, 0.3) is 0 Å². The van der Waals surface area contributed by atoms with Crippen LogP contribution in [-0.4, -0.2) is 11.1 Å². The van der Waals surface area contributed by atoms with E-state index in [9.17, 15) is 9.90 Å². The Kier molecular flexibility index (Phi) is 4.29. The molecule has 1 aromatic rings. The highest BCUT2D eigenvalue weighted by Crippen LogP contribution is 2.30. The van der Waals surface area contributed by atoms with Crippen LogP contribution in [0.5, 0.6) is 11.5 Å². The third kappa shape index (κ3) is 3.92. The van der Waals surface area contributed by atoms with E-state index < -0.39 is 5.97 Å². The normalized spacial score (nSPS) is 11.9. The van der Waals surface area contributed by atoms with Gasteiger partial charge in [-0.2, -0.15) is 0 Å². The lowest BCUT2D eigenvalue weighted by atomic mass is 10.0. The van der Waals surface area contributed by atoms with Crippen LogP contribution in [0.3, 0.4) is 0 Å². The van der Waals surface area contributed by atoms with E-state index in [1.165, 1.54) is 19.1 Å². The first-order valence-corrected chi connectivity index (χ1v) is 5.31. The molecule has 0 saturated heterocycles. The molecule has 0 bridgehead atoms. The van der Waals surface area contributed by atoms with Crippen molar-refractivity contribution in [1.29, 1.82) is 0 Å². The molecule has 0 amide bonds. The van der Waals surface area contributed by atoms with Crippen LogP contribution in [0, 0.1) is 0 Å². The summed E-state index contributed by atoms with van der Waals surface area (Å²) >= 11 is 0. The average Bonchev–Trinajstić information content (AvgIpc) is 2.19. The molecule has 0 spiro atoms. The lowest BCUT2D eigenvalue weighted by molar-refractivity contribution is -0.132. The first-order valence-electron chi connectivity index (χ1n) is 5.31. The summed E-state index contributed by atoms with van der Waals surface area (Å²) in [6.07, 6.45) is 0.645. The second-order valence-electron chi connectivity index (χ2n) is 4.09. The molecule has 17 heavy (non-hydrogen) atoms. The Morgan fingerprint density at radius 1 is 1.53 bits per heavy atom. The number of carbonyl (C=O) groups is 1. The van der Waals surface area contributed by atoms with E-state index in [2.05, 4.69) is 6.58 Å². The molecule has 1 aromatic carbocycles. The van der Waals surface area contributed by atoms with E-state index in [0.717, 1.165) is 11.1 Å². The van der Waals surface area contributed by atoms with Crippen molar-refractivity contribution in [3.05, 3.63) is 35.9 Å². The van der Waals surface area contributed by atoms with Gasteiger partial charge in [0, 0.05) is 13.0 Å². The smallest absolute Gasteiger partial charge is 0.308 e. The zero-order chi connectivity index (χ0) is 13.0. The summed E-state index contributed by atoms with van der Waals surface area (Å²) in [5, 5.41) is 9.67. The fourth-order valence-corrected chi connectivity index (χ4v) is 1.50. The molecule has 0 unspecified atom stereocenters. The second kappa shape index (κ2) is 5.50. The summed E-state index contributed by atoms with van der Waals surface area (Å²) in [5.41, 5.74) is 7.69. The number of rotatable bonds is 4. The minimum absolute atomic E-state index is 0.0881. The Morgan fingerprint density at radius 3 is 2.65 bits per heavy atom. The van der Waals surface area contributed by atoms with Crippen molar-refractivity contribution in [2.45, 2.75) is 26.3 Å². The molecule has 1 atom stereocenters. The molecule has 0 saturated carbocycles. The number of benzene rings is 1. The Morgan fingerprint density at radius 2 is 2.18 bits per heavy atom. The van der Waals surface area contributed by atoms with Crippen LogP contribution in [0.1, 0.15) is 31.9 Å². The van der Waals surface area contributed by atoms with Gasteiger partial charge in [-0.3, -0.25) is 4.79 Å². The van der Waals surface area contributed by atoms with Gasteiger partial charge in [-0.25, -0.2) is 0 Å². The molecular formula is C13H17NO3. The number of hydrogen-bond acceptors (Lipinski definition) is 4. The van der Waals surface area contributed by atoms with Gasteiger partial charge in [0.2, 0.25) is 0 Å². The SMILES string of the molecule is C=C(C)C[C@@H](N)c1ccc(OC(C)=O)c(O)c1. The minimum Gasteiger partial charge on any atom is -0.504 e. The van der Waals surface area contributed by atoms with Crippen LogP contribution in [0.4, 0.5) is 0 Å². The van der Waals surface area contributed by atoms with Crippen molar-refractivity contribution in [2.75, 3.05) is 0 Å². The summed E-state index contributed by atoms with van der Waals surface area (Å²) in [4.78, 5) is 10.8. The van der Waals surface area contributed by atoms with Crippen LogP contribution < -0.4 is 10.5 Å². The highest BCUT2D eigenvalue weighted by molar-refractivity contribution is 5.70. The van der Waals surface area contributed by atoms with Gasteiger partial charge in [0.1, 0.15) is 0 Å². The summed E-state index contributed by atoms with van der Waals surface area (Å²) in [6, 6.07) is 4.55. The Hall–Kier alpha value is -1.81. The molecule has 1 rings (SSSR count). The first kappa shape index (κ1) is 13.3. The monoisotopic (exact) mass is 235 g/mol. The Labute approximate surface area is 101 Å². The number of nitrogens with two attached hydrogens (primary N) is 1. The standard InChI is InChI=1S/C13H17NO3/c1-8(2)6-11(14)10-4-5-13(12(16)7-10)17-9(3)15/h4-5,7,11,16H,1,6,14H2,2-3H3/t11-/m1/s1. The Balaban J connectivity index is 2.88. The maximum absolute atomic E-state index is 10.8. The molecular weight excluding hydrogens is 218 g/mol. The van der Waals surface area contributed by atoms with Gasteiger partial charge >= 0.3 is 5.97 Å². The fraction of sp³-hybridized carbons (Fsp3) is 0.308. The van der Waals surface area contributed by atoms with Crippen molar-refractivity contribution in [3.63, 3.8) is 0 Å². The third-order valence-corrected chi connectivity index (χ3v) is 2.23. The topological polar surface area (TPSA) is 72.5 Å². The van der Waals surface area contributed by atoms with Crippen LogP contribution >= 0.6 is 0 Å². The van der Waals surface area contributed by atoms with Crippen molar-refractivity contribution < 1.29 is 14.6 Å². The summed E-state index contributed by atoms with van der Waals surface area (Å²) in [7, 11) is 0. The first-order chi connectivity index (χ1) is 7.90. The van der Waals surface area contributed by atoms with E-state index in [1.807, 2.05) is 6.92 Å². The summed E-state index contributed by atoms with van der Waals surface area (Å²) in [5.74, 6) is -0.419. The van der Waals surface area contributed by atoms with Crippen LogP contribution in [0.25, 0.3) is 0 Å². The number of esters is 1. The van der Waals surface area contributed by atoms with E-state index in [4.69, 9.17) is 10.5 Å². The van der Waals surface area contributed by atoms with Gasteiger partial charge in [0.15, 0.2) is 11.5 Å². The number of carbonyl (C=O) groups excluding carboxylic acids is 1. The lowest BCUT2D eigenvalue weighted by Crippen LogP contribution is -2.10. The molecule has 0 heterocycles. The molecule has 3 N–H and O–H groups in total. The number of phenols is 1. The van der Waals surface area contributed by atoms with Crippen molar-refractivity contribution in [1.82, 2.24) is 0 Å². The van der Waals surface area contributed by atoms with E-state index in [-0.39, 0.29) is 17.5 Å². The number of ether oxygens (including phenoxy) is 1. The van der Waals surface area contributed by atoms with Crippen LogP contribution in [0.2, 0.25) is 0 Å². The predicted octanol–water partition coefficient (Wildman–Crippen LogP) is 2.28. The molecule has 4 nitrogen and oxygen atoms in total. The molecule has 0 aromatic heterocycles. The highest BCUT2D eigenvalue weighted by Gasteiger charge is 2.11. The summed E-state index contributed by atoms with van der Waals surface area (Å²) in [6.45, 7) is 6.96. The molecule has 0 aliphatic heterocycles. The molecule has 0 radical (unpaired) electrons. The predicted molar refractivity (Wildman–Crippen MR) is 65.8 cm³/mol. The fourth-order valence-electron chi connectivity index (χ4n) is 1.50. The van der Waals surface area contributed by atoms with E-state index >= 15 is 0 Å². The third-order valence-electron chi connectivity index (χ3n) is 2.23. The number of aromatic hydroxyl groups is 1. The molecule has 92 valence electrons. The number of phenolic OH excluding ortho intramolecular Hbond substituents is 1. The van der Waals surface area contributed by atoms with Crippen LogP contribution in [-0.2, 0) is 4.79 Å².